The molecule has 0 aromatic carbocycles. The molecule has 6 heteroatoms. The molecule has 1 heterocycles. The third-order valence-electron chi connectivity index (χ3n) is 3.34. The number of esters is 1. The van der Waals surface area contributed by atoms with Crippen LogP contribution in [0.25, 0.3) is 0 Å². The number of likely N-dealkylation sites (N-methyl/N-ethyl adjacent to an activating group) is 1. The van der Waals surface area contributed by atoms with Crippen LogP contribution in [0.15, 0.2) is 15.9 Å². The van der Waals surface area contributed by atoms with Crippen molar-refractivity contribution in [2.75, 3.05) is 19.4 Å². The van der Waals surface area contributed by atoms with Crippen molar-refractivity contribution in [1.82, 2.24) is 10.3 Å². The van der Waals surface area contributed by atoms with Gasteiger partial charge in [-0.2, -0.15) is 0 Å². The Labute approximate surface area is 117 Å². The molecule has 1 unspecified atom stereocenters. The Morgan fingerprint density at radius 2 is 2.42 bits per heavy atom. The Balaban J connectivity index is 2.10. The SMILES string of the molecule is CCNC(CSc1nc(C)co1)(C(=O)OC)C1CC1. The van der Waals surface area contributed by atoms with Gasteiger partial charge in [-0.1, -0.05) is 18.7 Å². The van der Waals surface area contributed by atoms with Crippen molar-refractivity contribution < 1.29 is 13.9 Å². The molecule has 1 aliphatic rings. The Kier molecular flexibility index (Phi) is 4.52. The van der Waals surface area contributed by atoms with E-state index in [1.54, 1.807) is 6.26 Å². The molecular formula is C13H20N2O3S. The summed E-state index contributed by atoms with van der Waals surface area (Å²) in [5.74, 6) is 0.745. The van der Waals surface area contributed by atoms with Gasteiger partial charge < -0.3 is 14.5 Å². The van der Waals surface area contributed by atoms with E-state index in [-0.39, 0.29) is 5.97 Å². The van der Waals surface area contributed by atoms with E-state index in [9.17, 15) is 4.79 Å². The summed E-state index contributed by atoms with van der Waals surface area (Å²) in [6.07, 6.45) is 3.74. The number of aromatic nitrogens is 1. The molecular weight excluding hydrogens is 264 g/mol. The number of carbonyl (C=O) groups is 1. The number of oxazole rings is 1. The molecule has 0 saturated heterocycles. The van der Waals surface area contributed by atoms with Gasteiger partial charge in [0.05, 0.1) is 12.8 Å². The quantitative estimate of drug-likeness (QED) is 0.610. The van der Waals surface area contributed by atoms with Crippen LogP contribution in [0.1, 0.15) is 25.5 Å². The predicted octanol–water partition coefficient (Wildman–Crippen LogP) is 2.01. The lowest BCUT2D eigenvalue weighted by atomic mass is 9.95. The van der Waals surface area contributed by atoms with Crippen LogP contribution in [0.3, 0.4) is 0 Å². The Morgan fingerprint density at radius 1 is 1.68 bits per heavy atom. The number of nitrogens with one attached hydrogen (secondary N) is 1. The maximum absolute atomic E-state index is 12.2. The van der Waals surface area contributed by atoms with Crippen LogP contribution in [-0.4, -0.2) is 35.9 Å². The van der Waals surface area contributed by atoms with Crippen molar-refractivity contribution in [2.45, 2.75) is 37.5 Å². The monoisotopic (exact) mass is 284 g/mol. The molecule has 1 aromatic rings. The number of methoxy groups -OCH3 is 1. The van der Waals surface area contributed by atoms with E-state index in [0.29, 0.717) is 16.9 Å². The summed E-state index contributed by atoms with van der Waals surface area (Å²) in [6.45, 7) is 4.61. The number of ether oxygens (including phenoxy) is 1. The molecule has 0 aliphatic heterocycles. The Hall–Kier alpha value is -1.01. The average molecular weight is 284 g/mol. The maximum atomic E-state index is 12.2. The summed E-state index contributed by atoms with van der Waals surface area (Å²) in [4.78, 5) is 16.4. The molecule has 0 radical (unpaired) electrons. The van der Waals surface area contributed by atoms with E-state index in [4.69, 9.17) is 9.15 Å². The fraction of sp³-hybridized carbons (Fsp3) is 0.692. The molecule has 0 bridgehead atoms. The summed E-state index contributed by atoms with van der Waals surface area (Å²) in [5.41, 5.74) is 0.234. The lowest BCUT2D eigenvalue weighted by Gasteiger charge is -2.31. The van der Waals surface area contributed by atoms with Gasteiger partial charge in [-0.25, -0.2) is 4.98 Å². The Bertz CT molecular complexity index is 445. The van der Waals surface area contributed by atoms with Crippen molar-refractivity contribution in [2.24, 2.45) is 5.92 Å². The van der Waals surface area contributed by atoms with Gasteiger partial charge in [0.15, 0.2) is 0 Å². The highest BCUT2D eigenvalue weighted by Gasteiger charge is 2.51. The topological polar surface area (TPSA) is 64.4 Å². The lowest BCUT2D eigenvalue weighted by molar-refractivity contribution is -0.148. The van der Waals surface area contributed by atoms with Crippen molar-refractivity contribution in [1.29, 1.82) is 0 Å². The zero-order chi connectivity index (χ0) is 13.9. The number of thioether (sulfide) groups is 1. The third-order valence-corrected chi connectivity index (χ3v) is 4.37. The van der Waals surface area contributed by atoms with Crippen LogP contribution < -0.4 is 5.32 Å². The second kappa shape index (κ2) is 5.96. The van der Waals surface area contributed by atoms with Crippen LogP contribution in [0, 0.1) is 12.8 Å². The molecule has 5 nitrogen and oxygen atoms in total. The number of carbonyl (C=O) groups excluding carboxylic acids is 1. The first-order valence-corrected chi connectivity index (χ1v) is 7.49. The molecule has 19 heavy (non-hydrogen) atoms. The fourth-order valence-electron chi connectivity index (χ4n) is 2.26. The van der Waals surface area contributed by atoms with E-state index in [0.717, 1.165) is 25.1 Å². The molecule has 1 aliphatic carbocycles. The summed E-state index contributed by atoms with van der Waals surface area (Å²) in [5, 5.41) is 3.92. The molecule has 1 aromatic heterocycles. The van der Waals surface area contributed by atoms with Gasteiger partial charge in [-0.15, -0.1) is 0 Å². The van der Waals surface area contributed by atoms with Gasteiger partial charge >= 0.3 is 5.97 Å². The average Bonchev–Trinajstić information content (AvgIpc) is 3.17. The molecule has 0 amide bonds. The van der Waals surface area contributed by atoms with Crippen LogP contribution in [0.5, 0.6) is 0 Å². The number of hydrogen-bond acceptors (Lipinski definition) is 6. The standard InChI is InChI=1S/C13H20N2O3S/c1-4-14-13(10-5-6-10,11(16)17-3)8-19-12-15-9(2)7-18-12/h7,10,14H,4-6,8H2,1-3H3. The Morgan fingerprint density at radius 3 is 2.89 bits per heavy atom. The van der Waals surface area contributed by atoms with Gasteiger partial charge in [0.1, 0.15) is 11.8 Å². The largest absolute Gasteiger partial charge is 0.468 e. The van der Waals surface area contributed by atoms with Crippen molar-refractivity contribution in [3.8, 4) is 0 Å². The zero-order valence-corrected chi connectivity index (χ0v) is 12.4. The van der Waals surface area contributed by atoms with E-state index >= 15 is 0 Å². The van der Waals surface area contributed by atoms with E-state index in [1.165, 1.54) is 18.9 Å². The van der Waals surface area contributed by atoms with Gasteiger partial charge in [0.2, 0.25) is 0 Å². The third kappa shape index (κ3) is 3.12. The smallest absolute Gasteiger partial charge is 0.327 e. The normalized spacial score (nSPS) is 18.1. The second-order valence-corrected chi connectivity index (χ2v) is 5.74. The lowest BCUT2D eigenvalue weighted by Crippen LogP contribution is -2.56. The maximum Gasteiger partial charge on any atom is 0.327 e. The van der Waals surface area contributed by atoms with Crippen LogP contribution in [0.4, 0.5) is 0 Å². The molecule has 1 atom stereocenters. The van der Waals surface area contributed by atoms with Crippen LogP contribution in [-0.2, 0) is 9.53 Å². The van der Waals surface area contributed by atoms with Gasteiger partial charge in [0.25, 0.3) is 5.22 Å². The number of nitrogens with zero attached hydrogens (tertiary/aromatic N) is 1. The van der Waals surface area contributed by atoms with Crippen molar-refractivity contribution in [3.05, 3.63) is 12.0 Å². The van der Waals surface area contributed by atoms with Crippen molar-refractivity contribution in [3.63, 3.8) is 0 Å². The number of aryl methyl sites for hydroxylation is 1. The predicted molar refractivity (Wildman–Crippen MR) is 73.1 cm³/mol. The van der Waals surface area contributed by atoms with Gasteiger partial charge in [0, 0.05) is 5.75 Å². The molecule has 1 saturated carbocycles. The fourth-order valence-corrected chi connectivity index (χ4v) is 3.39. The zero-order valence-electron chi connectivity index (χ0n) is 11.6. The minimum atomic E-state index is -0.615. The van der Waals surface area contributed by atoms with E-state index in [1.807, 2.05) is 13.8 Å². The van der Waals surface area contributed by atoms with Crippen LogP contribution in [0.2, 0.25) is 0 Å². The minimum absolute atomic E-state index is 0.187. The highest BCUT2D eigenvalue weighted by Crippen LogP contribution is 2.43. The highest BCUT2D eigenvalue weighted by atomic mass is 32.2. The van der Waals surface area contributed by atoms with E-state index in [2.05, 4.69) is 10.3 Å². The molecule has 1 N–H and O–H groups in total. The summed E-state index contributed by atoms with van der Waals surface area (Å²) >= 11 is 1.46. The van der Waals surface area contributed by atoms with E-state index < -0.39 is 5.54 Å². The van der Waals surface area contributed by atoms with Gasteiger partial charge in [-0.05, 0) is 32.2 Å². The number of hydrogen-bond donors (Lipinski definition) is 1. The second-order valence-electron chi connectivity index (χ2n) is 4.81. The molecule has 1 fully saturated rings. The molecule has 0 spiro atoms. The summed E-state index contributed by atoms with van der Waals surface area (Å²) in [7, 11) is 1.44. The first kappa shape index (κ1) is 14.4. The first-order valence-electron chi connectivity index (χ1n) is 6.50. The van der Waals surface area contributed by atoms with Crippen molar-refractivity contribution >= 4 is 17.7 Å². The summed E-state index contributed by atoms with van der Waals surface area (Å²) < 4.78 is 10.3. The number of rotatable bonds is 7. The summed E-state index contributed by atoms with van der Waals surface area (Å²) in [6, 6.07) is 0. The highest BCUT2D eigenvalue weighted by molar-refractivity contribution is 7.99. The molecule has 2 rings (SSSR count). The molecule has 106 valence electrons. The minimum Gasteiger partial charge on any atom is -0.468 e. The first-order chi connectivity index (χ1) is 9.12. The van der Waals surface area contributed by atoms with Gasteiger partial charge in [-0.3, -0.25) is 4.79 Å². The van der Waals surface area contributed by atoms with Crippen LogP contribution >= 0.6 is 11.8 Å².